The molecule has 144 valence electrons. The number of carbonyl (C=O) groups is 1. The van der Waals surface area contributed by atoms with Crippen molar-refractivity contribution in [3.63, 3.8) is 0 Å². The SMILES string of the molecule is CCc1c(-c2ccc(N3CCN(CC)CC3)cc2)[nH]c(=O)c(C(=O)O)c1O. The number of carboxylic acid groups (broad SMARTS) is 1. The molecular weight excluding hydrogens is 346 g/mol. The highest BCUT2D eigenvalue weighted by molar-refractivity contribution is 5.92. The Hall–Kier alpha value is -2.80. The van der Waals surface area contributed by atoms with E-state index in [-0.39, 0.29) is 0 Å². The van der Waals surface area contributed by atoms with E-state index in [2.05, 4.69) is 21.7 Å². The molecule has 27 heavy (non-hydrogen) atoms. The van der Waals surface area contributed by atoms with E-state index in [0.29, 0.717) is 17.7 Å². The second kappa shape index (κ2) is 7.84. The summed E-state index contributed by atoms with van der Waals surface area (Å²) in [5.41, 5.74) is 1.34. The Labute approximate surface area is 157 Å². The number of hydrogen-bond donors (Lipinski definition) is 3. The van der Waals surface area contributed by atoms with E-state index in [9.17, 15) is 14.7 Å². The minimum absolute atomic E-state index is 0.402. The topological polar surface area (TPSA) is 96.9 Å². The molecule has 1 aromatic heterocycles. The highest BCUT2D eigenvalue weighted by Crippen LogP contribution is 2.31. The summed E-state index contributed by atoms with van der Waals surface area (Å²) in [6, 6.07) is 7.78. The Morgan fingerprint density at radius 1 is 1.11 bits per heavy atom. The maximum Gasteiger partial charge on any atom is 0.345 e. The summed E-state index contributed by atoms with van der Waals surface area (Å²) in [5.74, 6) is -1.89. The first-order chi connectivity index (χ1) is 13.0. The van der Waals surface area contributed by atoms with E-state index in [4.69, 9.17) is 5.11 Å². The zero-order valence-corrected chi connectivity index (χ0v) is 15.7. The smallest absolute Gasteiger partial charge is 0.345 e. The normalized spacial score (nSPS) is 15.1. The average molecular weight is 371 g/mol. The number of carboxylic acids is 1. The Balaban J connectivity index is 1.92. The molecule has 2 heterocycles. The monoisotopic (exact) mass is 371 g/mol. The van der Waals surface area contributed by atoms with E-state index in [0.717, 1.165) is 44.0 Å². The third-order valence-electron chi connectivity index (χ3n) is 5.20. The van der Waals surface area contributed by atoms with Crippen molar-refractivity contribution in [2.75, 3.05) is 37.6 Å². The molecule has 0 bridgehead atoms. The highest BCUT2D eigenvalue weighted by atomic mass is 16.4. The Morgan fingerprint density at radius 3 is 2.26 bits per heavy atom. The van der Waals surface area contributed by atoms with Crippen LogP contribution in [0.2, 0.25) is 0 Å². The summed E-state index contributed by atoms with van der Waals surface area (Å²) < 4.78 is 0. The van der Waals surface area contributed by atoms with Crippen LogP contribution in [-0.4, -0.2) is 58.8 Å². The van der Waals surface area contributed by atoms with Gasteiger partial charge >= 0.3 is 5.97 Å². The van der Waals surface area contributed by atoms with Gasteiger partial charge in [-0.2, -0.15) is 0 Å². The van der Waals surface area contributed by atoms with E-state index >= 15 is 0 Å². The van der Waals surface area contributed by atoms with Gasteiger partial charge in [-0.25, -0.2) is 4.79 Å². The van der Waals surface area contributed by atoms with Gasteiger partial charge in [0.15, 0.2) is 5.56 Å². The molecule has 0 unspecified atom stereocenters. The molecule has 0 atom stereocenters. The predicted molar refractivity (Wildman–Crippen MR) is 105 cm³/mol. The largest absolute Gasteiger partial charge is 0.506 e. The van der Waals surface area contributed by atoms with Crippen molar-refractivity contribution in [1.29, 1.82) is 0 Å². The van der Waals surface area contributed by atoms with Gasteiger partial charge < -0.3 is 25.0 Å². The Morgan fingerprint density at radius 2 is 1.74 bits per heavy atom. The number of H-pyrrole nitrogens is 1. The van der Waals surface area contributed by atoms with Gasteiger partial charge in [0, 0.05) is 37.4 Å². The van der Waals surface area contributed by atoms with Gasteiger partial charge in [-0.05, 0) is 30.7 Å². The molecule has 1 saturated heterocycles. The zero-order chi connectivity index (χ0) is 19.6. The lowest BCUT2D eigenvalue weighted by Gasteiger charge is -2.35. The van der Waals surface area contributed by atoms with Crippen LogP contribution in [0.5, 0.6) is 5.75 Å². The summed E-state index contributed by atoms with van der Waals surface area (Å²) in [6.45, 7) is 9.06. The van der Waals surface area contributed by atoms with Gasteiger partial charge in [0.05, 0.1) is 5.69 Å². The van der Waals surface area contributed by atoms with Crippen LogP contribution in [0, 0.1) is 0 Å². The summed E-state index contributed by atoms with van der Waals surface area (Å²) in [7, 11) is 0. The molecule has 1 aliphatic heterocycles. The Bertz CT molecular complexity index is 881. The van der Waals surface area contributed by atoms with Crippen LogP contribution in [0.3, 0.4) is 0 Å². The molecule has 1 aliphatic rings. The van der Waals surface area contributed by atoms with Gasteiger partial charge in [0.1, 0.15) is 5.75 Å². The maximum atomic E-state index is 12.1. The van der Waals surface area contributed by atoms with Gasteiger partial charge in [0.2, 0.25) is 0 Å². The van der Waals surface area contributed by atoms with Gasteiger partial charge in [0.25, 0.3) is 5.56 Å². The number of hydrogen-bond acceptors (Lipinski definition) is 5. The number of piperazine rings is 1. The number of anilines is 1. The fraction of sp³-hybridized carbons (Fsp3) is 0.400. The molecule has 2 aromatic rings. The molecule has 7 nitrogen and oxygen atoms in total. The van der Waals surface area contributed by atoms with Crippen LogP contribution in [0.4, 0.5) is 5.69 Å². The summed E-state index contributed by atoms with van der Waals surface area (Å²) in [6.07, 6.45) is 0.402. The first-order valence-electron chi connectivity index (χ1n) is 9.25. The van der Waals surface area contributed by atoms with Crippen molar-refractivity contribution in [2.45, 2.75) is 20.3 Å². The van der Waals surface area contributed by atoms with Crippen molar-refractivity contribution in [2.24, 2.45) is 0 Å². The fourth-order valence-corrected chi connectivity index (χ4v) is 3.58. The first-order valence-corrected chi connectivity index (χ1v) is 9.25. The number of aromatic amines is 1. The van der Waals surface area contributed by atoms with Crippen LogP contribution >= 0.6 is 0 Å². The first kappa shape index (κ1) is 19.0. The van der Waals surface area contributed by atoms with Gasteiger partial charge in [-0.15, -0.1) is 0 Å². The number of aromatic nitrogens is 1. The lowest BCUT2D eigenvalue weighted by atomic mass is 10.00. The molecule has 1 aromatic carbocycles. The standard InChI is InChI=1S/C20H25N3O4/c1-3-15-17(21-19(25)16(18(15)24)20(26)27)13-5-7-14(8-6-13)23-11-9-22(4-2)10-12-23/h5-8H,3-4,9-12H2,1-2H3,(H,26,27)(H2,21,24,25). The number of benzene rings is 1. The van der Waals surface area contributed by atoms with Crippen LogP contribution in [0.15, 0.2) is 29.1 Å². The molecule has 0 amide bonds. The van der Waals surface area contributed by atoms with E-state index in [1.54, 1.807) is 0 Å². The second-order valence-electron chi connectivity index (χ2n) is 6.66. The molecule has 7 heteroatoms. The lowest BCUT2D eigenvalue weighted by Crippen LogP contribution is -2.46. The molecular formula is C20H25N3O4. The number of nitrogens with one attached hydrogen (secondary N) is 1. The Kier molecular flexibility index (Phi) is 5.51. The molecule has 0 saturated carbocycles. The van der Waals surface area contributed by atoms with Crippen molar-refractivity contribution in [3.8, 4) is 17.0 Å². The van der Waals surface area contributed by atoms with E-state index < -0.39 is 22.8 Å². The molecule has 0 aliphatic carbocycles. The predicted octanol–water partition coefficient (Wildman–Crippen LogP) is 2.15. The molecule has 1 fully saturated rings. The lowest BCUT2D eigenvalue weighted by molar-refractivity contribution is 0.0691. The number of aromatic hydroxyl groups is 1. The van der Waals surface area contributed by atoms with Crippen LogP contribution in [0.25, 0.3) is 11.3 Å². The van der Waals surface area contributed by atoms with Crippen LogP contribution in [0.1, 0.15) is 29.8 Å². The summed E-state index contributed by atoms with van der Waals surface area (Å²) in [5, 5.41) is 19.4. The maximum absolute atomic E-state index is 12.1. The van der Waals surface area contributed by atoms with Gasteiger partial charge in [-0.3, -0.25) is 4.79 Å². The van der Waals surface area contributed by atoms with Crippen LogP contribution < -0.4 is 10.5 Å². The second-order valence-corrected chi connectivity index (χ2v) is 6.66. The third-order valence-corrected chi connectivity index (χ3v) is 5.20. The number of likely N-dealkylation sites (N-methyl/N-ethyl adjacent to an activating group) is 1. The van der Waals surface area contributed by atoms with Gasteiger partial charge in [-0.1, -0.05) is 26.0 Å². The molecule has 0 radical (unpaired) electrons. The minimum atomic E-state index is -1.43. The molecule has 0 spiro atoms. The average Bonchev–Trinajstić information content (AvgIpc) is 2.67. The third kappa shape index (κ3) is 3.68. The molecule has 3 rings (SSSR count). The number of pyridine rings is 1. The van der Waals surface area contributed by atoms with E-state index in [1.807, 2.05) is 31.2 Å². The minimum Gasteiger partial charge on any atom is -0.506 e. The van der Waals surface area contributed by atoms with Crippen molar-refractivity contribution >= 4 is 11.7 Å². The van der Waals surface area contributed by atoms with E-state index in [1.165, 1.54) is 0 Å². The fourth-order valence-electron chi connectivity index (χ4n) is 3.58. The number of rotatable bonds is 5. The number of aromatic carboxylic acids is 1. The zero-order valence-electron chi connectivity index (χ0n) is 15.7. The summed E-state index contributed by atoms with van der Waals surface area (Å²) in [4.78, 5) is 30.7. The summed E-state index contributed by atoms with van der Waals surface area (Å²) >= 11 is 0. The van der Waals surface area contributed by atoms with Crippen molar-refractivity contribution < 1.29 is 15.0 Å². The van der Waals surface area contributed by atoms with Crippen molar-refractivity contribution in [3.05, 3.63) is 45.7 Å². The van der Waals surface area contributed by atoms with Crippen molar-refractivity contribution in [1.82, 2.24) is 9.88 Å². The molecule has 3 N–H and O–H groups in total. The van der Waals surface area contributed by atoms with Crippen LogP contribution in [-0.2, 0) is 6.42 Å². The quantitative estimate of drug-likeness (QED) is 0.745. The highest BCUT2D eigenvalue weighted by Gasteiger charge is 2.22. The number of nitrogens with zero attached hydrogens (tertiary/aromatic N) is 2.